The minimum atomic E-state index is -5.00. The van der Waals surface area contributed by atoms with E-state index in [1.807, 2.05) is 60.7 Å². The first kappa shape index (κ1) is 28.8. The van der Waals surface area contributed by atoms with Crippen LogP contribution < -0.4 is 4.74 Å². The number of nitrogens with zero attached hydrogens (tertiary/aromatic N) is 1. The zero-order valence-corrected chi connectivity index (χ0v) is 24.6. The van der Waals surface area contributed by atoms with Crippen molar-refractivity contribution in [3.8, 4) is 5.75 Å². The first-order valence-corrected chi connectivity index (χ1v) is 16.0. The lowest BCUT2D eigenvalue weighted by Crippen LogP contribution is -2.38. The summed E-state index contributed by atoms with van der Waals surface area (Å²) in [4.78, 5) is 51.3. The van der Waals surface area contributed by atoms with Crippen molar-refractivity contribution in [1.82, 2.24) is 4.90 Å². The SMILES string of the molecule is COc1cccc(C2CCN(C(=O)c3cc4ccccc4cc3C(=O)C(c3cccc4ccccc34)P(=O)(O)O)CC2)c1. The molecular weight excluding hydrogens is 561 g/mol. The van der Waals surface area contributed by atoms with E-state index < -0.39 is 19.0 Å². The van der Waals surface area contributed by atoms with E-state index in [0.717, 1.165) is 34.9 Å². The fourth-order valence-corrected chi connectivity index (χ4v) is 7.25. The van der Waals surface area contributed by atoms with Crippen LogP contribution in [-0.4, -0.2) is 46.6 Å². The van der Waals surface area contributed by atoms with Crippen LogP contribution in [0.25, 0.3) is 21.5 Å². The highest BCUT2D eigenvalue weighted by Gasteiger charge is 2.40. The number of carbonyl (C=O) groups excluding carboxylic acids is 2. The molecule has 218 valence electrons. The zero-order chi connectivity index (χ0) is 30.1. The maximum absolute atomic E-state index is 14.3. The van der Waals surface area contributed by atoms with E-state index in [1.54, 1.807) is 48.4 Å². The van der Waals surface area contributed by atoms with E-state index in [2.05, 4.69) is 6.07 Å². The quantitative estimate of drug-likeness (QED) is 0.154. The minimum absolute atomic E-state index is 0.0138. The summed E-state index contributed by atoms with van der Waals surface area (Å²) in [7, 11) is -3.36. The lowest BCUT2D eigenvalue weighted by molar-refractivity contribution is 0.0708. The van der Waals surface area contributed by atoms with Gasteiger partial charge in [0.1, 0.15) is 11.4 Å². The summed E-state index contributed by atoms with van der Waals surface area (Å²) < 4.78 is 18.4. The van der Waals surface area contributed by atoms with Crippen molar-refractivity contribution in [2.45, 2.75) is 24.4 Å². The van der Waals surface area contributed by atoms with E-state index in [4.69, 9.17) is 4.74 Å². The molecule has 1 aliphatic heterocycles. The third-order valence-electron chi connectivity index (χ3n) is 8.43. The van der Waals surface area contributed by atoms with Crippen molar-refractivity contribution in [2.75, 3.05) is 20.2 Å². The Labute approximate surface area is 249 Å². The van der Waals surface area contributed by atoms with Crippen LogP contribution in [0.5, 0.6) is 5.75 Å². The van der Waals surface area contributed by atoms with Crippen molar-refractivity contribution in [2.24, 2.45) is 0 Å². The Morgan fingerprint density at radius 3 is 2.07 bits per heavy atom. The lowest BCUT2D eigenvalue weighted by atomic mass is 9.88. The van der Waals surface area contributed by atoms with Crippen LogP contribution in [0.4, 0.5) is 0 Å². The average Bonchev–Trinajstić information content (AvgIpc) is 3.03. The Kier molecular flexibility index (Phi) is 7.89. The Morgan fingerprint density at radius 1 is 0.791 bits per heavy atom. The Balaban J connectivity index is 1.38. The van der Waals surface area contributed by atoms with Crippen molar-refractivity contribution in [3.05, 3.63) is 125 Å². The second-order valence-electron chi connectivity index (χ2n) is 11.0. The van der Waals surface area contributed by atoms with Crippen LogP contribution >= 0.6 is 7.60 Å². The molecule has 1 fully saturated rings. The molecule has 5 aromatic carbocycles. The molecule has 0 aliphatic carbocycles. The second kappa shape index (κ2) is 11.8. The standard InChI is InChI=1S/C35H32NO6P/c1-42-28-13-6-12-25(20-28)23-16-18-36(19-17-23)35(38)32-22-27-10-3-2-9-26(27)21-31(32)33(37)34(43(39,40)41)30-15-7-11-24-8-4-5-14-29(24)30/h2-15,20-23,34H,16-19H2,1H3,(H2,39,40,41). The smallest absolute Gasteiger partial charge is 0.340 e. The number of carbonyl (C=O) groups is 2. The summed E-state index contributed by atoms with van der Waals surface area (Å²) in [6, 6.07) is 30.9. The molecule has 0 saturated carbocycles. The molecule has 6 rings (SSSR count). The zero-order valence-electron chi connectivity index (χ0n) is 23.7. The molecule has 5 aromatic rings. The Bertz CT molecular complexity index is 1880. The average molecular weight is 594 g/mol. The molecule has 1 atom stereocenters. The third-order valence-corrected chi connectivity index (χ3v) is 9.62. The summed E-state index contributed by atoms with van der Waals surface area (Å²) in [5.41, 5.74) is -0.193. The Morgan fingerprint density at radius 2 is 1.40 bits per heavy atom. The summed E-state index contributed by atoms with van der Waals surface area (Å²) in [6.45, 7) is 0.985. The van der Waals surface area contributed by atoms with Crippen LogP contribution in [0.2, 0.25) is 0 Å². The molecule has 43 heavy (non-hydrogen) atoms. The van der Waals surface area contributed by atoms with E-state index in [9.17, 15) is 23.9 Å². The summed E-state index contributed by atoms with van der Waals surface area (Å²) in [6.07, 6.45) is 1.49. The van der Waals surface area contributed by atoms with Gasteiger partial charge in [0.2, 0.25) is 0 Å². The fraction of sp³-hybridized carbons (Fsp3) is 0.200. The lowest BCUT2D eigenvalue weighted by Gasteiger charge is -2.33. The molecular formula is C35H32NO6P. The number of piperidine rings is 1. The van der Waals surface area contributed by atoms with E-state index in [0.29, 0.717) is 23.9 Å². The number of rotatable bonds is 7. The van der Waals surface area contributed by atoms with Gasteiger partial charge in [-0.05, 0) is 75.7 Å². The molecule has 1 amide bonds. The second-order valence-corrected chi connectivity index (χ2v) is 12.7. The first-order valence-electron chi connectivity index (χ1n) is 14.3. The van der Waals surface area contributed by atoms with Gasteiger partial charge in [-0.2, -0.15) is 0 Å². The monoisotopic (exact) mass is 593 g/mol. The Hall–Kier alpha value is -4.29. The van der Waals surface area contributed by atoms with Crippen molar-refractivity contribution < 1.29 is 28.7 Å². The number of ether oxygens (including phenoxy) is 1. The van der Waals surface area contributed by atoms with Gasteiger partial charge in [0.05, 0.1) is 12.7 Å². The number of benzene rings is 5. The minimum Gasteiger partial charge on any atom is -0.497 e. The number of Topliss-reactive ketones (excluding diaryl/α,β-unsaturated/α-hetero) is 1. The van der Waals surface area contributed by atoms with Crippen LogP contribution in [0.1, 0.15) is 56.3 Å². The van der Waals surface area contributed by atoms with Crippen LogP contribution in [0, 0.1) is 0 Å². The van der Waals surface area contributed by atoms with Gasteiger partial charge in [-0.1, -0.05) is 78.9 Å². The molecule has 0 radical (unpaired) electrons. The predicted molar refractivity (Wildman–Crippen MR) is 168 cm³/mol. The van der Waals surface area contributed by atoms with Gasteiger partial charge in [-0.3, -0.25) is 14.2 Å². The van der Waals surface area contributed by atoms with E-state index >= 15 is 0 Å². The molecule has 8 heteroatoms. The molecule has 1 heterocycles. The number of hydrogen-bond acceptors (Lipinski definition) is 4. The number of ketones is 1. The van der Waals surface area contributed by atoms with Crippen LogP contribution in [0.3, 0.4) is 0 Å². The van der Waals surface area contributed by atoms with Crippen LogP contribution in [-0.2, 0) is 4.57 Å². The summed E-state index contributed by atoms with van der Waals surface area (Å²) >= 11 is 0. The summed E-state index contributed by atoms with van der Waals surface area (Å²) in [5, 5.41) is 2.83. The molecule has 7 nitrogen and oxygen atoms in total. The molecule has 0 aromatic heterocycles. The van der Waals surface area contributed by atoms with Crippen LogP contribution in [0.15, 0.2) is 103 Å². The molecule has 2 N–H and O–H groups in total. The van der Waals surface area contributed by atoms with Gasteiger partial charge in [-0.25, -0.2) is 0 Å². The third kappa shape index (κ3) is 5.72. The largest absolute Gasteiger partial charge is 0.497 e. The predicted octanol–water partition coefficient (Wildman–Crippen LogP) is 7.12. The van der Waals surface area contributed by atoms with Crippen molar-refractivity contribution in [3.63, 3.8) is 0 Å². The van der Waals surface area contributed by atoms with Crippen molar-refractivity contribution in [1.29, 1.82) is 0 Å². The number of amides is 1. The number of methoxy groups -OCH3 is 1. The van der Waals surface area contributed by atoms with Gasteiger partial charge in [-0.15, -0.1) is 0 Å². The van der Waals surface area contributed by atoms with E-state index in [-0.39, 0.29) is 28.5 Å². The maximum Gasteiger partial charge on any atom is 0.340 e. The van der Waals surface area contributed by atoms with Gasteiger partial charge in [0.25, 0.3) is 5.91 Å². The highest BCUT2D eigenvalue weighted by molar-refractivity contribution is 7.53. The molecule has 1 saturated heterocycles. The molecule has 0 bridgehead atoms. The summed E-state index contributed by atoms with van der Waals surface area (Å²) in [5.74, 6) is -0.0333. The van der Waals surface area contributed by atoms with Gasteiger partial charge < -0.3 is 19.4 Å². The molecule has 1 unspecified atom stereocenters. The molecule has 0 spiro atoms. The van der Waals surface area contributed by atoms with Gasteiger partial charge >= 0.3 is 7.60 Å². The normalized spacial score (nSPS) is 15.0. The number of fused-ring (bicyclic) bond motifs is 2. The van der Waals surface area contributed by atoms with E-state index in [1.165, 1.54) is 0 Å². The number of hydrogen-bond donors (Lipinski definition) is 2. The first-order chi connectivity index (χ1) is 20.7. The van der Waals surface area contributed by atoms with Crippen molar-refractivity contribution >= 4 is 40.8 Å². The fourth-order valence-electron chi connectivity index (χ4n) is 6.21. The topological polar surface area (TPSA) is 104 Å². The maximum atomic E-state index is 14.3. The highest BCUT2D eigenvalue weighted by Crippen LogP contribution is 2.55. The van der Waals surface area contributed by atoms with Gasteiger partial charge in [0, 0.05) is 18.7 Å². The molecule has 1 aliphatic rings. The number of likely N-dealkylation sites (tertiary alicyclic amines) is 1. The van der Waals surface area contributed by atoms with Gasteiger partial charge in [0.15, 0.2) is 5.78 Å². The highest BCUT2D eigenvalue weighted by atomic mass is 31.2.